The number of benzene rings is 2. The van der Waals surface area contributed by atoms with Crippen LogP contribution in [-0.2, 0) is 29.0 Å². The van der Waals surface area contributed by atoms with E-state index in [-0.39, 0.29) is 5.92 Å². The molecule has 9 nitrogen and oxygen atoms in total. The number of fused-ring (bicyclic) bond motifs is 3. The van der Waals surface area contributed by atoms with Gasteiger partial charge in [0.1, 0.15) is 18.2 Å². The number of halogens is 1. The lowest BCUT2D eigenvalue weighted by atomic mass is 9.75. The van der Waals surface area contributed by atoms with Crippen LogP contribution in [0.4, 0.5) is 11.8 Å². The van der Waals surface area contributed by atoms with Gasteiger partial charge in [0.25, 0.3) is 0 Å². The van der Waals surface area contributed by atoms with Gasteiger partial charge in [-0.25, -0.2) is 4.98 Å². The number of aliphatic carboxylic acids is 1. The van der Waals surface area contributed by atoms with Crippen molar-refractivity contribution in [3.05, 3.63) is 64.2 Å². The molecule has 10 heteroatoms. The highest BCUT2D eigenvalue weighted by Gasteiger charge is 2.34. The molecule has 2 heterocycles. The van der Waals surface area contributed by atoms with Crippen molar-refractivity contribution >= 4 is 29.3 Å². The predicted octanol–water partition coefficient (Wildman–Crippen LogP) is 4.31. The number of ether oxygens (including phenoxy) is 2. The standard InChI is InChI=1S/C31H36ClN5O4/c32-24-4-1-20(2-5-24)19-41-25-6-8-26-22(17-25)3-7-27-28(26)34-31(33)35-29(27)37-11-9-36(10-12-37)13-14-40-18-21-15-23(16-21)30(38)39/h1-2,4-6,8,17,21,23H,3,7,9-16,18-19H2,(H,38,39)(H2,33,34,35)/t21-,23+. The molecule has 216 valence electrons. The SMILES string of the molecule is Nc1nc2c(c(N3CCN(CCOC[C@H]4C[C@@H](C(=O)O)C4)CC3)n1)CCc1cc(OCc3ccc(Cl)cc3)ccc1-2. The minimum atomic E-state index is -0.681. The first-order chi connectivity index (χ1) is 19.9. The van der Waals surface area contributed by atoms with Gasteiger partial charge in [0.05, 0.1) is 18.2 Å². The Bertz CT molecular complexity index is 1390. The Hall–Kier alpha value is -3.40. The molecule has 3 aromatic rings. The Kier molecular flexibility index (Phi) is 8.27. The van der Waals surface area contributed by atoms with Crippen molar-refractivity contribution in [2.75, 3.05) is 56.6 Å². The van der Waals surface area contributed by atoms with Crippen molar-refractivity contribution in [1.82, 2.24) is 14.9 Å². The van der Waals surface area contributed by atoms with Crippen LogP contribution in [0, 0.1) is 11.8 Å². The van der Waals surface area contributed by atoms with Gasteiger partial charge in [0.2, 0.25) is 5.95 Å². The number of nitrogens with zero attached hydrogens (tertiary/aromatic N) is 4. The van der Waals surface area contributed by atoms with E-state index in [1.54, 1.807) is 0 Å². The molecule has 3 aliphatic rings. The monoisotopic (exact) mass is 577 g/mol. The number of rotatable bonds is 10. The number of nitrogen functional groups attached to an aromatic ring is 1. The van der Waals surface area contributed by atoms with E-state index in [0.29, 0.717) is 36.7 Å². The van der Waals surface area contributed by atoms with Gasteiger partial charge in [-0.2, -0.15) is 4.98 Å². The van der Waals surface area contributed by atoms with Crippen LogP contribution in [0.3, 0.4) is 0 Å². The van der Waals surface area contributed by atoms with Crippen LogP contribution in [-0.4, -0.2) is 71.9 Å². The fourth-order valence-corrected chi connectivity index (χ4v) is 6.13. The van der Waals surface area contributed by atoms with Gasteiger partial charge in [-0.15, -0.1) is 0 Å². The Morgan fingerprint density at radius 2 is 1.83 bits per heavy atom. The molecule has 0 unspecified atom stereocenters. The second kappa shape index (κ2) is 12.2. The maximum atomic E-state index is 11.0. The van der Waals surface area contributed by atoms with E-state index >= 15 is 0 Å². The third-order valence-corrected chi connectivity index (χ3v) is 8.71. The maximum absolute atomic E-state index is 11.0. The van der Waals surface area contributed by atoms with E-state index in [0.717, 1.165) is 86.8 Å². The van der Waals surface area contributed by atoms with Gasteiger partial charge in [-0.05, 0) is 73.1 Å². The zero-order valence-corrected chi connectivity index (χ0v) is 23.9. The molecule has 1 saturated carbocycles. The number of hydrogen-bond donors (Lipinski definition) is 2. The first-order valence-electron chi connectivity index (χ1n) is 14.4. The minimum Gasteiger partial charge on any atom is -0.489 e. The van der Waals surface area contributed by atoms with Gasteiger partial charge in [-0.3, -0.25) is 9.69 Å². The van der Waals surface area contributed by atoms with Crippen LogP contribution < -0.4 is 15.4 Å². The number of carbonyl (C=O) groups is 1. The third kappa shape index (κ3) is 6.42. The fraction of sp³-hybridized carbons (Fsp3) is 0.452. The van der Waals surface area contributed by atoms with Crippen LogP contribution in [0.15, 0.2) is 42.5 Å². The average molecular weight is 578 g/mol. The number of nitrogens with two attached hydrogens (primary N) is 1. The van der Waals surface area contributed by atoms with Crippen LogP contribution in [0.5, 0.6) is 5.75 Å². The van der Waals surface area contributed by atoms with Crippen molar-refractivity contribution in [2.45, 2.75) is 32.3 Å². The Morgan fingerprint density at radius 3 is 2.59 bits per heavy atom. The van der Waals surface area contributed by atoms with Crippen LogP contribution in [0.25, 0.3) is 11.3 Å². The number of aryl methyl sites for hydroxylation is 1. The van der Waals surface area contributed by atoms with E-state index in [1.807, 2.05) is 30.3 Å². The summed E-state index contributed by atoms with van der Waals surface area (Å²) in [4.78, 5) is 25.1. The Morgan fingerprint density at radius 1 is 1.05 bits per heavy atom. The molecule has 2 fully saturated rings. The fourth-order valence-electron chi connectivity index (χ4n) is 6.01. The van der Waals surface area contributed by atoms with Gasteiger partial charge in [0.15, 0.2) is 0 Å². The summed E-state index contributed by atoms with van der Waals surface area (Å²) in [6.07, 6.45) is 3.23. The number of carboxylic acids is 1. The number of anilines is 2. The Balaban J connectivity index is 1.04. The molecule has 2 aromatic carbocycles. The second-order valence-electron chi connectivity index (χ2n) is 11.2. The highest BCUT2D eigenvalue weighted by atomic mass is 35.5. The first-order valence-corrected chi connectivity index (χ1v) is 14.8. The number of piperazine rings is 1. The van der Waals surface area contributed by atoms with E-state index in [1.165, 1.54) is 11.1 Å². The van der Waals surface area contributed by atoms with E-state index in [9.17, 15) is 4.79 Å². The highest BCUT2D eigenvalue weighted by Crippen LogP contribution is 2.39. The van der Waals surface area contributed by atoms with Crippen LogP contribution in [0.2, 0.25) is 5.02 Å². The Labute approximate surface area is 245 Å². The van der Waals surface area contributed by atoms with E-state index in [2.05, 4.69) is 26.9 Å². The quantitative estimate of drug-likeness (QED) is 0.340. The van der Waals surface area contributed by atoms with Gasteiger partial charge < -0.3 is 25.2 Å². The summed E-state index contributed by atoms with van der Waals surface area (Å²) >= 11 is 5.99. The molecular formula is C31H36ClN5O4. The summed E-state index contributed by atoms with van der Waals surface area (Å²) in [5.74, 6) is 1.62. The molecule has 0 bridgehead atoms. The molecule has 0 radical (unpaired) electrons. The molecule has 0 amide bonds. The molecule has 6 rings (SSSR count). The summed E-state index contributed by atoms with van der Waals surface area (Å²) < 4.78 is 11.9. The summed E-state index contributed by atoms with van der Waals surface area (Å²) in [6, 6.07) is 13.9. The lowest BCUT2D eigenvalue weighted by Crippen LogP contribution is -2.48. The maximum Gasteiger partial charge on any atom is 0.306 e. The van der Waals surface area contributed by atoms with Crippen molar-refractivity contribution in [3.8, 4) is 17.0 Å². The summed E-state index contributed by atoms with van der Waals surface area (Å²) in [5.41, 5.74) is 11.7. The number of hydrogen-bond acceptors (Lipinski definition) is 8. The average Bonchev–Trinajstić information content (AvgIpc) is 2.95. The lowest BCUT2D eigenvalue weighted by Gasteiger charge is -2.37. The largest absolute Gasteiger partial charge is 0.489 e. The minimum absolute atomic E-state index is 0.177. The molecule has 1 aliphatic heterocycles. The first kappa shape index (κ1) is 27.8. The van der Waals surface area contributed by atoms with E-state index in [4.69, 9.17) is 36.9 Å². The van der Waals surface area contributed by atoms with Crippen molar-refractivity contribution in [3.63, 3.8) is 0 Å². The van der Waals surface area contributed by atoms with Crippen LogP contribution in [0.1, 0.15) is 29.5 Å². The molecule has 0 spiro atoms. The van der Waals surface area contributed by atoms with Gasteiger partial charge >= 0.3 is 5.97 Å². The third-order valence-electron chi connectivity index (χ3n) is 8.46. The smallest absolute Gasteiger partial charge is 0.306 e. The van der Waals surface area contributed by atoms with Crippen molar-refractivity contribution in [1.29, 1.82) is 0 Å². The molecule has 41 heavy (non-hydrogen) atoms. The highest BCUT2D eigenvalue weighted by molar-refractivity contribution is 6.30. The molecule has 2 aliphatic carbocycles. The molecular weight excluding hydrogens is 542 g/mol. The van der Waals surface area contributed by atoms with Crippen molar-refractivity contribution in [2.24, 2.45) is 11.8 Å². The van der Waals surface area contributed by atoms with Crippen LogP contribution >= 0.6 is 11.6 Å². The van der Waals surface area contributed by atoms with Gasteiger partial charge in [0, 0.05) is 55.5 Å². The molecule has 1 saturated heterocycles. The molecule has 0 atom stereocenters. The number of aromatic nitrogens is 2. The summed E-state index contributed by atoms with van der Waals surface area (Å²) in [6.45, 7) is 6.29. The van der Waals surface area contributed by atoms with E-state index < -0.39 is 5.97 Å². The second-order valence-corrected chi connectivity index (χ2v) is 11.7. The summed E-state index contributed by atoms with van der Waals surface area (Å²) in [5, 5.41) is 9.73. The molecule has 3 N–H and O–H groups in total. The predicted molar refractivity (Wildman–Crippen MR) is 158 cm³/mol. The molecule has 1 aromatic heterocycles. The zero-order valence-electron chi connectivity index (χ0n) is 23.1. The summed E-state index contributed by atoms with van der Waals surface area (Å²) in [7, 11) is 0. The number of carboxylic acid groups (broad SMARTS) is 1. The zero-order chi connectivity index (χ0) is 28.3. The van der Waals surface area contributed by atoms with Gasteiger partial charge in [-0.1, -0.05) is 23.7 Å². The topological polar surface area (TPSA) is 114 Å². The van der Waals surface area contributed by atoms with Crippen molar-refractivity contribution < 1.29 is 19.4 Å². The normalized spacial score (nSPS) is 20.2. The lowest BCUT2D eigenvalue weighted by molar-refractivity contribution is -0.147.